The standard InChI is InChI=1S/C13H17FN2O3/c1-8-4-5-9(14)6-10(8)15-12(19)16-13(2,3)7-11(17)18/h4-6H,7H2,1-3H3,(H,17,18)(H2,15,16,19). The lowest BCUT2D eigenvalue weighted by Crippen LogP contribution is -2.46. The van der Waals surface area contributed by atoms with Crippen molar-refractivity contribution in [3.8, 4) is 0 Å². The lowest BCUT2D eigenvalue weighted by atomic mass is 10.0. The number of carbonyl (C=O) groups is 2. The van der Waals surface area contributed by atoms with E-state index in [2.05, 4.69) is 10.6 Å². The summed E-state index contributed by atoms with van der Waals surface area (Å²) in [4.78, 5) is 22.4. The van der Waals surface area contributed by atoms with Crippen molar-refractivity contribution < 1.29 is 19.1 Å². The van der Waals surface area contributed by atoms with Crippen LogP contribution in [0.15, 0.2) is 18.2 Å². The Labute approximate surface area is 110 Å². The molecule has 0 saturated carbocycles. The van der Waals surface area contributed by atoms with Gasteiger partial charge in [-0.25, -0.2) is 9.18 Å². The Balaban J connectivity index is 2.70. The first kappa shape index (κ1) is 14.9. The minimum atomic E-state index is -1.01. The number of carbonyl (C=O) groups excluding carboxylic acids is 1. The highest BCUT2D eigenvalue weighted by Crippen LogP contribution is 2.16. The van der Waals surface area contributed by atoms with Crippen molar-refractivity contribution in [3.05, 3.63) is 29.6 Å². The van der Waals surface area contributed by atoms with Gasteiger partial charge in [0.2, 0.25) is 0 Å². The number of rotatable bonds is 4. The fourth-order valence-electron chi connectivity index (χ4n) is 1.61. The summed E-state index contributed by atoms with van der Waals surface area (Å²) in [5, 5.41) is 13.7. The van der Waals surface area contributed by atoms with Crippen molar-refractivity contribution >= 4 is 17.7 Å². The molecule has 0 atom stereocenters. The summed E-state index contributed by atoms with van der Waals surface area (Å²) in [6.45, 7) is 4.93. The van der Waals surface area contributed by atoms with E-state index in [-0.39, 0.29) is 6.42 Å². The molecule has 0 spiro atoms. The molecule has 1 aromatic carbocycles. The minimum Gasteiger partial charge on any atom is -0.481 e. The molecule has 5 nitrogen and oxygen atoms in total. The Morgan fingerprint density at radius 1 is 1.37 bits per heavy atom. The molecular weight excluding hydrogens is 251 g/mol. The largest absolute Gasteiger partial charge is 0.481 e. The maximum absolute atomic E-state index is 13.1. The average molecular weight is 268 g/mol. The molecule has 0 aliphatic heterocycles. The second kappa shape index (κ2) is 5.69. The average Bonchev–Trinajstić information content (AvgIpc) is 2.20. The van der Waals surface area contributed by atoms with Gasteiger partial charge in [-0.05, 0) is 38.5 Å². The molecule has 0 radical (unpaired) electrons. The topological polar surface area (TPSA) is 78.4 Å². The number of hydrogen-bond acceptors (Lipinski definition) is 2. The number of hydrogen-bond donors (Lipinski definition) is 3. The van der Waals surface area contributed by atoms with Gasteiger partial charge in [-0.1, -0.05) is 6.07 Å². The molecule has 0 aliphatic carbocycles. The molecule has 0 heterocycles. The predicted molar refractivity (Wildman–Crippen MR) is 69.6 cm³/mol. The summed E-state index contributed by atoms with van der Waals surface area (Å²) in [6, 6.07) is 3.49. The molecule has 3 N–H and O–H groups in total. The molecule has 6 heteroatoms. The minimum absolute atomic E-state index is 0.206. The van der Waals surface area contributed by atoms with Crippen LogP contribution in [-0.2, 0) is 4.79 Å². The quantitative estimate of drug-likeness (QED) is 0.785. The summed E-state index contributed by atoms with van der Waals surface area (Å²) in [5.41, 5.74) is 0.174. The molecule has 0 saturated heterocycles. The Bertz CT molecular complexity index is 501. The van der Waals surface area contributed by atoms with Crippen LogP contribution < -0.4 is 10.6 Å². The van der Waals surface area contributed by atoms with Gasteiger partial charge in [0.1, 0.15) is 5.82 Å². The SMILES string of the molecule is Cc1ccc(F)cc1NC(=O)NC(C)(C)CC(=O)O. The van der Waals surface area contributed by atoms with Crippen LogP contribution in [0.3, 0.4) is 0 Å². The van der Waals surface area contributed by atoms with Gasteiger partial charge in [0.15, 0.2) is 0 Å². The second-order valence-corrected chi connectivity index (χ2v) is 4.99. The van der Waals surface area contributed by atoms with Gasteiger partial charge in [0.25, 0.3) is 0 Å². The third-order valence-electron chi connectivity index (χ3n) is 2.49. The van der Waals surface area contributed by atoms with Gasteiger partial charge in [0.05, 0.1) is 6.42 Å². The third-order valence-corrected chi connectivity index (χ3v) is 2.49. The van der Waals surface area contributed by atoms with Gasteiger partial charge in [-0.15, -0.1) is 0 Å². The molecule has 0 unspecified atom stereocenters. The first-order valence-corrected chi connectivity index (χ1v) is 5.77. The van der Waals surface area contributed by atoms with Gasteiger partial charge >= 0.3 is 12.0 Å². The van der Waals surface area contributed by atoms with Crippen molar-refractivity contribution in [2.24, 2.45) is 0 Å². The summed E-state index contributed by atoms with van der Waals surface area (Å²) in [7, 11) is 0. The van der Waals surface area contributed by atoms with Crippen LogP contribution in [-0.4, -0.2) is 22.6 Å². The number of halogens is 1. The van der Waals surface area contributed by atoms with E-state index in [1.165, 1.54) is 12.1 Å². The normalized spacial score (nSPS) is 10.9. The van der Waals surface area contributed by atoms with Crippen LogP contribution in [0.25, 0.3) is 0 Å². The van der Waals surface area contributed by atoms with Crippen molar-refractivity contribution in [1.82, 2.24) is 5.32 Å². The van der Waals surface area contributed by atoms with Crippen LogP contribution in [0.4, 0.5) is 14.9 Å². The molecule has 0 fully saturated rings. The van der Waals surface area contributed by atoms with Crippen LogP contribution in [0.1, 0.15) is 25.8 Å². The van der Waals surface area contributed by atoms with E-state index in [9.17, 15) is 14.0 Å². The summed E-state index contributed by atoms with van der Waals surface area (Å²) in [6.07, 6.45) is -0.206. The van der Waals surface area contributed by atoms with Crippen molar-refractivity contribution in [3.63, 3.8) is 0 Å². The number of nitrogens with one attached hydrogen (secondary N) is 2. The summed E-state index contributed by atoms with van der Waals surface area (Å²) in [5.74, 6) is -1.46. The fraction of sp³-hybridized carbons (Fsp3) is 0.385. The highest BCUT2D eigenvalue weighted by Gasteiger charge is 2.24. The Morgan fingerprint density at radius 2 is 2.00 bits per heavy atom. The fourth-order valence-corrected chi connectivity index (χ4v) is 1.61. The predicted octanol–water partition coefficient (Wildman–Crippen LogP) is 2.51. The molecule has 0 bridgehead atoms. The van der Waals surface area contributed by atoms with E-state index < -0.39 is 23.4 Å². The number of benzene rings is 1. The highest BCUT2D eigenvalue weighted by atomic mass is 19.1. The summed E-state index contributed by atoms with van der Waals surface area (Å²) < 4.78 is 13.1. The van der Waals surface area contributed by atoms with E-state index in [1.54, 1.807) is 26.8 Å². The highest BCUT2D eigenvalue weighted by molar-refractivity contribution is 5.90. The number of carboxylic acid groups (broad SMARTS) is 1. The van der Waals surface area contributed by atoms with E-state index >= 15 is 0 Å². The number of anilines is 1. The molecule has 0 aliphatic rings. The first-order valence-electron chi connectivity index (χ1n) is 5.77. The van der Waals surface area contributed by atoms with Crippen LogP contribution >= 0.6 is 0 Å². The number of amides is 2. The zero-order valence-corrected chi connectivity index (χ0v) is 11.1. The maximum Gasteiger partial charge on any atom is 0.319 e. The number of carboxylic acids is 1. The zero-order valence-electron chi connectivity index (χ0n) is 11.1. The van der Waals surface area contributed by atoms with Crippen molar-refractivity contribution in [1.29, 1.82) is 0 Å². The van der Waals surface area contributed by atoms with E-state index in [0.29, 0.717) is 11.3 Å². The van der Waals surface area contributed by atoms with Gasteiger partial charge in [0, 0.05) is 11.2 Å². The lowest BCUT2D eigenvalue weighted by molar-refractivity contribution is -0.138. The second-order valence-electron chi connectivity index (χ2n) is 4.99. The zero-order chi connectivity index (χ0) is 14.6. The van der Waals surface area contributed by atoms with E-state index in [1.807, 2.05) is 0 Å². The summed E-state index contributed by atoms with van der Waals surface area (Å²) >= 11 is 0. The molecule has 0 aromatic heterocycles. The number of aliphatic carboxylic acids is 1. The smallest absolute Gasteiger partial charge is 0.319 e. The van der Waals surface area contributed by atoms with Gasteiger partial charge in [-0.2, -0.15) is 0 Å². The maximum atomic E-state index is 13.1. The monoisotopic (exact) mass is 268 g/mol. The van der Waals surface area contributed by atoms with E-state index in [4.69, 9.17) is 5.11 Å². The lowest BCUT2D eigenvalue weighted by Gasteiger charge is -2.24. The molecule has 2 amide bonds. The van der Waals surface area contributed by atoms with Crippen molar-refractivity contribution in [2.75, 3.05) is 5.32 Å². The Kier molecular flexibility index (Phi) is 4.47. The molecule has 19 heavy (non-hydrogen) atoms. The molecule has 104 valence electrons. The number of aryl methyl sites for hydroxylation is 1. The third kappa shape index (κ3) is 4.95. The Hall–Kier alpha value is -2.11. The number of urea groups is 1. The molecule has 1 rings (SSSR count). The molecular formula is C13H17FN2O3. The Morgan fingerprint density at radius 3 is 2.58 bits per heavy atom. The van der Waals surface area contributed by atoms with Crippen molar-refractivity contribution in [2.45, 2.75) is 32.7 Å². The van der Waals surface area contributed by atoms with Gasteiger partial charge in [-0.3, -0.25) is 4.79 Å². The van der Waals surface area contributed by atoms with E-state index in [0.717, 1.165) is 0 Å². The van der Waals surface area contributed by atoms with Gasteiger partial charge < -0.3 is 15.7 Å². The van der Waals surface area contributed by atoms with Crippen LogP contribution in [0, 0.1) is 12.7 Å². The first-order chi connectivity index (χ1) is 8.69. The van der Waals surface area contributed by atoms with Crippen LogP contribution in [0.2, 0.25) is 0 Å². The van der Waals surface area contributed by atoms with Crippen LogP contribution in [0.5, 0.6) is 0 Å². The molecule has 1 aromatic rings.